The Morgan fingerprint density at radius 1 is 1.05 bits per heavy atom. The third-order valence-corrected chi connectivity index (χ3v) is 3.68. The summed E-state index contributed by atoms with van der Waals surface area (Å²) in [7, 11) is 0. The van der Waals surface area contributed by atoms with Crippen molar-refractivity contribution in [2.45, 2.75) is 46.4 Å². The Hall–Kier alpha value is -1.80. The second-order valence-corrected chi connectivity index (χ2v) is 5.61. The zero-order valence-corrected chi connectivity index (χ0v) is 13.2. The van der Waals surface area contributed by atoms with Crippen molar-refractivity contribution in [2.75, 3.05) is 0 Å². The van der Waals surface area contributed by atoms with Crippen molar-refractivity contribution in [3.8, 4) is 5.75 Å². The summed E-state index contributed by atoms with van der Waals surface area (Å²) >= 11 is 0. The van der Waals surface area contributed by atoms with Crippen LogP contribution in [0.4, 0.5) is 0 Å². The zero-order valence-electron chi connectivity index (χ0n) is 13.2. The third-order valence-electron chi connectivity index (χ3n) is 3.68. The SMILES string of the molecule is CC[C@H](C)NCc1ccc(OCc2cccc(C)c2)cc1. The molecular formula is C19H25NO. The summed E-state index contributed by atoms with van der Waals surface area (Å²) in [5.74, 6) is 0.920. The molecular weight excluding hydrogens is 258 g/mol. The van der Waals surface area contributed by atoms with Gasteiger partial charge in [0.15, 0.2) is 0 Å². The highest BCUT2D eigenvalue weighted by Gasteiger charge is 2.00. The number of aryl methyl sites for hydroxylation is 1. The molecule has 0 heterocycles. The van der Waals surface area contributed by atoms with Gasteiger partial charge in [-0.1, -0.05) is 48.9 Å². The Morgan fingerprint density at radius 2 is 1.81 bits per heavy atom. The molecule has 2 aromatic carbocycles. The van der Waals surface area contributed by atoms with Crippen molar-refractivity contribution in [1.82, 2.24) is 5.32 Å². The van der Waals surface area contributed by atoms with Crippen LogP contribution in [-0.2, 0) is 13.2 Å². The average molecular weight is 283 g/mol. The minimum atomic E-state index is 0.558. The van der Waals surface area contributed by atoms with E-state index in [-0.39, 0.29) is 0 Å². The Kier molecular flexibility index (Phi) is 5.82. The van der Waals surface area contributed by atoms with Gasteiger partial charge in [-0.05, 0) is 43.5 Å². The molecule has 0 aliphatic rings. The summed E-state index contributed by atoms with van der Waals surface area (Å²) in [6.45, 7) is 8.03. The Labute approximate surface area is 128 Å². The van der Waals surface area contributed by atoms with Crippen molar-refractivity contribution < 1.29 is 4.74 Å². The average Bonchev–Trinajstić information content (AvgIpc) is 2.51. The Bertz CT molecular complexity index is 548. The van der Waals surface area contributed by atoms with Gasteiger partial charge in [-0.15, -0.1) is 0 Å². The second kappa shape index (κ2) is 7.84. The molecule has 0 aromatic heterocycles. The maximum Gasteiger partial charge on any atom is 0.119 e. The largest absolute Gasteiger partial charge is 0.489 e. The highest BCUT2D eigenvalue weighted by Crippen LogP contribution is 2.15. The van der Waals surface area contributed by atoms with Gasteiger partial charge in [0.25, 0.3) is 0 Å². The first-order chi connectivity index (χ1) is 10.2. The van der Waals surface area contributed by atoms with E-state index in [4.69, 9.17) is 4.74 Å². The molecule has 1 N–H and O–H groups in total. The van der Waals surface area contributed by atoms with E-state index in [0.717, 1.165) is 18.7 Å². The van der Waals surface area contributed by atoms with E-state index in [2.05, 4.69) is 62.5 Å². The van der Waals surface area contributed by atoms with E-state index in [1.807, 2.05) is 12.1 Å². The summed E-state index contributed by atoms with van der Waals surface area (Å²) in [6, 6.07) is 17.3. The minimum Gasteiger partial charge on any atom is -0.489 e. The van der Waals surface area contributed by atoms with Crippen LogP contribution in [0.1, 0.15) is 37.0 Å². The first kappa shape index (κ1) is 15.6. The number of nitrogens with one attached hydrogen (secondary N) is 1. The van der Waals surface area contributed by atoms with Crippen LogP contribution >= 0.6 is 0 Å². The summed E-state index contributed by atoms with van der Waals surface area (Å²) in [5.41, 5.74) is 3.76. The number of ether oxygens (including phenoxy) is 1. The molecule has 1 atom stereocenters. The first-order valence-electron chi connectivity index (χ1n) is 7.68. The van der Waals surface area contributed by atoms with E-state index >= 15 is 0 Å². The van der Waals surface area contributed by atoms with Crippen molar-refractivity contribution in [3.05, 3.63) is 65.2 Å². The molecule has 0 radical (unpaired) electrons. The lowest BCUT2D eigenvalue weighted by Gasteiger charge is -2.12. The lowest BCUT2D eigenvalue weighted by Crippen LogP contribution is -2.24. The Morgan fingerprint density at radius 3 is 2.48 bits per heavy atom. The molecule has 0 unspecified atom stereocenters. The standard InChI is InChI=1S/C19H25NO/c1-4-16(3)20-13-17-8-10-19(11-9-17)21-14-18-7-5-6-15(2)12-18/h5-12,16,20H,4,13-14H2,1-3H3/t16-/m0/s1. The van der Waals surface area contributed by atoms with Gasteiger partial charge in [0.2, 0.25) is 0 Å². The van der Waals surface area contributed by atoms with Gasteiger partial charge in [-0.25, -0.2) is 0 Å². The summed E-state index contributed by atoms with van der Waals surface area (Å²) in [5, 5.41) is 3.49. The normalized spacial score (nSPS) is 12.1. The smallest absolute Gasteiger partial charge is 0.119 e. The highest BCUT2D eigenvalue weighted by atomic mass is 16.5. The van der Waals surface area contributed by atoms with Gasteiger partial charge < -0.3 is 10.1 Å². The number of hydrogen-bond donors (Lipinski definition) is 1. The minimum absolute atomic E-state index is 0.558. The molecule has 0 amide bonds. The molecule has 0 spiro atoms. The lowest BCUT2D eigenvalue weighted by atomic mass is 10.1. The molecule has 2 rings (SSSR count). The fraction of sp³-hybridized carbons (Fsp3) is 0.368. The van der Waals surface area contributed by atoms with Crippen LogP contribution in [0.2, 0.25) is 0 Å². The van der Waals surface area contributed by atoms with E-state index < -0.39 is 0 Å². The van der Waals surface area contributed by atoms with E-state index in [1.165, 1.54) is 16.7 Å². The highest BCUT2D eigenvalue weighted by molar-refractivity contribution is 5.28. The monoisotopic (exact) mass is 283 g/mol. The number of hydrogen-bond acceptors (Lipinski definition) is 2. The van der Waals surface area contributed by atoms with Crippen LogP contribution < -0.4 is 10.1 Å². The van der Waals surface area contributed by atoms with Gasteiger partial charge in [0.05, 0.1) is 0 Å². The molecule has 0 saturated carbocycles. The molecule has 112 valence electrons. The van der Waals surface area contributed by atoms with Crippen LogP contribution in [0, 0.1) is 6.92 Å². The van der Waals surface area contributed by atoms with Gasteiger partial charge in [0.1, 0.15) is 12.4 Å². The first-order valence-corrected chi connectivity index (χ1v) is 7.68. The van der Waals surface area contributed by atoms with Gasteiger partial charge in [0, 0.05) is 12.6 Å². The fourth-order valence-corrected chi connectivity index (χ4v) is 2.11. The van der Waals surface area contributed by atoms with Crippen LogP contribution in [0.15, 0.2) is 48.5 Å². The predicted molar refractivity (Wildman–Crippen MR) is 88.5 cm³/mol. The second-order valence-electron chi connectivity index (χ2n) is 5.61. The lowest BCUT2D eigenvalue weighted by molar-refractivity contribution is 0.306. The van der Waals surface area contributed by atoms with Gasteiger partial charge in [-0.3, -0.25) is 0 Å². The zero-order chi connectivity index (χ0) is 15.1. The summed E-state index contributed by atoms with van der Waals surface area (Å²) in [6.07, 6.45) is 1.15. The molecule has 2 nitrogen and oxygen atoms in total. The number of rotatable bonds is 7. The third kappa shape index (κ3) is 5.24. The number of benzene rings is 2. The molecule has 0 fully saturated rings. The molecule has 2 aromatic rings. The van der Waals surface area contributed by atoms with E-state index in [1.54, 1.807) is 0 Å². The van der Waals surface area contributed by atoms with Crippen LogP contribution in [0.5, 0.6) is 5.75 Å². The van der Waals surface area contributed by atoms with Gasteiger partial charge >= 0.3 is 0 Å². The maximum absolute atomic E-state index is 5.83. The van der Waals surface area contributed by atoms with Crippen LogP contribution in [0.25, 0.3) is 0 Å². The molecule has 0 saturated heterocycles. The van der Waals surface area contributed by atoms with Gasteiger partial charge in [-0.2, -0.15) is 0 Å². The molecule has 2 heteroatoms. The van der Waals surface area contributed by atoms with Crippen molar-refractivity contribution in [2.24, 2.45) is 0 Å². The van der Waals surface area contributed by atoms with Crippen molar-refractivity contribution in [1.29, 1.82) is 0 Å². The van der Waals surface area contributed by atoms with E-state index in [0.29, 0.717) is 12.6 Å². The molecule has 0 aliphatic carbocycles. The van der Waals surface area contributed by atoms with E-state index in [9.17, 15) is 0 Å². The Balaban J connectivity index is 1.85. The molecule has 0 aliphatic heterocycles. The van der Waals surface area contributed by atoms with Crippen molar-refractivity contribution in [3.63, 3.8) is 0 Å². The van der Waals surface area contributed by atoms with Crippen molar-refractivity contribution >= 4 is 0 Å². The summed E-state index contributed by atoms with van der Waals surface area (Å²) < 4.78 is 5.83. The van der Waals surface area contributed by atoms with Crippen LogP contribution in [-0.4, -0.2) is 6.04 Å². The topological polar surface area (TPSA) is 21.3 Å². The van der Waals surface area contributed by atoms with Crippen LogP contribution in [0.3, 0.4) is 0 Å². The molecule has 21 heavy (non-hydrogen) atoms. The summed E-state index contributed by atoms with van der Waals surface area (Å²) in [4.78, 5) is 0. The quantitative estimate of drug-likeness (QED) is 0.810. The predicted octanol–water partition coefficient (Wildman–Crippen LogP) is 4.46. The fourth-order valence-electron chi connectivity index (χ4n) is 2.11. The maximum atomic E-state index is 5.83. The molecule has 0 bridgehead atoms.